The van der Waals surface area contributed by atoms with Gasteiger partial charge in [-0.05, 0) is 37.1 Å². The molecular weight excluding hydrogens is 428 g/mol. The molecule has 4 heterocycles. The number of fused-ring (bicyclic) bond motifs is 1. The first-order valence-electron chi connectivity index (χ1n) is 11.0. The van der Waals surface area contributed by atoms with Gasteiger partial charge < -0.3 is 14.4 Å². The van der Waals surface area contributed by atoms with Crippen LogP contribution in [-0.4, -0.2) is 70.6 Å². The summed E-state index contributed by atoms with van der Waals surface area (Å²) in [7, 11) is 0. The Morgan fingerprint density at radius 2 is 2.00 bits per heavy atom. The van der Waals surface area contributed by atoms with Crippen LogP contribution in [0.4, 0.5) is 0 Å². The summed E-state index contributed by atoms with van der Waals surface area (Å²) in [4.78, 5) is 34.5. The summed E-state index contributed by atoms with van der Waals surface area (Å²) in [5.41, 5.74) is 1.39. The van der Waals surface area contributed by atoms with E-state index in [0.717, 1.165) is 44.0 Å². The highest BCUT2D eigenvalue weighted by atomic mass is 32.1. The van der Waals surface area contributed by atoms with Crippen LogP contribution in [0, 0.1) is 0 Å². The maximum Gasteiger partial charge on any atom is 0.258 e. The molecule has 5 rings (SSSR count). The predicted molar refractivity (Wildman–Crippen MR) is 121 cm³/mol. The smallest absolute Gasteiger partial charge is 0.258 e. The van der Waals surface area contributed by atoms with Crippen molar-refractivity contribution in [2.24, 2.45) is 0 Å². The molecule has 2 aromatic heterocycles. The minimum atomic E-state index is -0.0525. The molecular formula is C23H26N4O4S. The molecule has 0 N–H and O–H groups in total. The third kappa shape index (κ3) is 4.69. The molecule has 0 aliphatic carbocycles. The summed E-state index contributed by atoms with van der Waals surface area (Å²) >= 11 is 1.46. The molecule has 1 amide bonds. The van der Waals surface area contributed by atoms with E-state index >= 15 is 0 Å². The number of hydrogen-bond acceptors (Lipinski definition) is 7. The van der Waals surface area contributed by atoms with Gasteiger partial charge in [0.05, 0.1) is 11.8 Å². The van der Waals surface area contributed by atoms with Crippen molar-refractivity contribution in [3.05, 3.63) is 63.5 Å². The van der Waals surface area contributed by atoms with Gasteiger partial charge >= 0.3 is 0 Å². The summed E-state index contributed by atoms with van der Waals surface area (Å²) in [6.07, 6.45) is 4.05. The number of carbonyl (C=O) groups is 1. The fourth-order valence-electron chi connectivity index (χ4n) is 4.15. The molecule has 9 heteroatoms. The van der Waals surface area contributed by atoms with Gasteiger partial charge in [0, 0.05) is 62.5 Å². The van der Waals surface area contributed by atoms with Gasteiger partial charge in [0.1, 0.15) is 12.4 Å². The molecule has 0 radical (unpaired) electrons. The summed E-state index contributed by atoms with van der Waals surface area (Å²) in [5, 5.41) is 1.86. The van der Waals surface area contributed by atoms with Gasteiger partial charge in [-0.3, -0.25) is 18.9 Å². The average Bonchev–Trinajstić information content (AvgIpc) is 3.50. The Bertz CT molecular complexity index is 1130. The molecule has 1 aromatic carbocycles. The van der Waals surface area contributed by atoms with Crippen LogP contribution in [-0.2, 0) is 11.3 Å². The molecule has 8 nitrogen and oxygen atoms in total. The lowest BCUT2D eigenvalue weighted by molar-refractivity contribution is 0.0625. The first-order valence-corrected chi connectivity index (χ1v) is 11.9. The van der Waals surface area contributed by atoms with Gasteiger partial charge in [-0.25, -0.2) is 4.98 Å². The zero-order valence-corrected chi connectivity index (χ0v) is 18.6. The monoisotopic (exact) mass is 454 g/mol. The van der Waals surface area contributed by atoms with E-state index in [9.17, 15) is 9.59 Å². The summed E-state index contributed by atoms with van der Waals surface area (Å²) in [6.45, 7) is 4.78. The second-order valence-corrected chi connectivity index (χ2v) is 9.05. The molecule has 1 atom stereocenters. The number of thiazole rings is 1. The molecule has 2 aliphatic rings. The van der Waals surface area contributed by atoms with E-state index in [0.29, 0.717) is 36.8 Å². The second kappa shape index (κ2) is 9.40. The SMILES string of the molecule is O=C(c1ccc(OC[C@H]2CCCO2)cc1)N1CCN(Cc2cc(=O)n3ccsc3n2)CC1. The molecule has 0 bridgehead atoms. The normalized spacial score (nSPS) is 19.5. The number of benzene rings is 1. The molecule has 2 aliphatic heterocycles. The van der Waals surface area contributed by atoms with E-state index in [4.69, 9.17) is 9.47 Å². The summed E-state index contributed by atoms with van der Waals surface area (Å²) in [5.74, 6) is 0.791. The maximum atomic E-state index is 12.9. The van der Waals surface area contributed by atoms with Gasteiger partial charge in [-0.15, -0.1) is 11.3 Å². The van der Waals surface area contributed by atoms with Gasteiger partial charge in [0.15, 0.2) is 4.96 Å². The van der Waals surface area contributed by atoms with Crippen LogP contribution >= 0.6 is 11.3 Å². The highest BCUT2D eigenvalue weighted by Crippen LogP contribution is 2.18. The highest BCUT2D eigenvalue weighted by Gasteiger charge is 2.23. The number of hydrogen-bond donors (Lipinski definition) is 0. The maximum absolute atomic E-state index is 12.9. The first-order chi connectivity index (χ1) is 15.7. The Hall–Kier alpha value is -2.75. The average molecular weight is 455 g/mol. The lowest BCUT2D eigenvalue weighted by Gasteiger charge is -2.34. The van der Waals surface area contributed by atoms with Gasteiger partial charge in [-0.1, -0.05) is 0 Å². The van der Waals surface area contributed by atoms with Crippen molar-refractivity contribution in [3.63, 3.8) is 0 Å². The quantitative estimate of drug-likeness (QED) is 0.569. The van der Waals surface area contributed by atoms with E-state index in [1.54, 1.807) is 16.7 Å². The Kier molecular flexibility index (Phi) is 6.20. The molecule has 0 unspecified atom stereocenters. The fourth-order valence-corrected chi connectivity index (χ4v) is 4.89. The number of carbonyl (C=O) groups excluding carboxylic acids is 1. The molecule has 0 saturated carbocycles. The number of aromatic nitrogens is 2. The summed E-state index contributed by atoms with van der Waals surface area (Å²) in [6, 6.07) is 8.95. The van der Waals surface area contributed by atoms with Crippen molar-refractivity contribution in [3.8, 4) is 5.75 Å². The third-order valence-electron chi connectivity index (χ3n) is 5.96. The zero-order chi connectivity index (χ0) is 21.9. The highest BCUT2D eigenvalue weighted by molar-refractivity contribution is 7.15. The zero-order valence-electron chi connectivity index (χ0n) is 17.8. The number of ether oxygens (including phenoxy) is 2. The number of nitrogens with zero attached hydrogens (tertiary/aromatic N) is 4. The molecule has 168 valence electrons. The molecule has 0 spiro atoms. The van der Waals surface area contributed by atoms with Crippen LogP contribution in [0.3, 0.4) is 0 Å². The van der Waals surface area contributed by atoms with Crippen molar-refractivity contribution < 1.29 is 14.3 Å². The van der Waals surface area contributed by atoms with Crippen LogP contribution in [0.2, 0.25) is 0 Å². The van der Waals surface area contributed by atoms with Crippen molar-refractivity contribution in [1.82, 2.24) is 19.2 Å². The van der Waals surface area contributed by atoms with Crippen molar-refractivity contribution in [2.45, 2.75) is 25.5 Å². The molecule has 2 fully saturated rings. The largest absolute Gasteiger partial charge is 0.491 e. The van der Waals surface area contributed by atoms with Gasteiger partial charge in [-0.2, -0.15) is 0 Å². The minimum Gasteiger partial charge on any atom is -0.491 e. The van der Waals surface area contributed by atoms with Crippen LogP contribution in [0.1, 0.15) is 28.9 Å². The van der Waals surface area contributed by atoms with Crippen molar-refractivity contribution in [2.75, 3.05) is 39.4 Å². The van der Waals surface area contributed by atoms with Crippen LogP contribution in [0.25, 0.3) is 4.96 Å². The van der Waals surface area contributed by atoms with E-state index < -0.39 is 0 Å². The number of amides is 1. The Morgan fingerprint density at radius 3 is 2.75 bits per heavy atom. The van der Waals surface area contributed by atoms with Gasteiger partial charge in [0.25, 0.3) is 11.5 Å². The Balaban J connectivity index is 1.13. The Morgan fingerprint density at radius 1 is 1.19 bits per heavy atom. The Labute approximate surface area is 190 Å². The molecule has 2 saturated heterocycles. The van der Waals surface area contributed by atoms with Gasteiger partial charge in [0.2, 0.25) is 0 Å². The molecule has 32 heavy (non-hydrogen) atoms. The van der Waals surface area contributed by atoms with Crippen LogP contribution in [0.5, 0.6) is 5.75 Å². The minimum absolute atomic E-state index is 0.0340. The van der Waals surface area contributed by atoms with E-state index in [2.05, 4.69) is 9.88 Å². The topological polar surface area (TPSA) is 76.4 Å². The van der Waals surface area contributed by atoms with E-state index in [1.165, 1.54) is 11.3 Å². The molecule has 3 aromatic rings. The standard InChI is InChI=1S/C23H26N4O4S/c28-21-14-18(24-23-27(21)11-13-32-23)15-25-7-9-26(10-8-25)22(29)17-3-5-19(6-4-17)31-16-20-2-1-12-30-20/h3-6,11,13-14,20H,1-2,7-10,12,15-16H2/t20-/m1/s1. The number of piperazine rings is 1. The van der Waals surface area contributed by atoms with Crippen molar-refractivity contribution >= 4 is 22.2 Å². The first kappa shape index (κ1) is 21.1. The predicted octanol–water partition coefficient (Wildman–Crippen LogP) is 2.27. The third-order valence-corrected chi connectivity index (χ3v) is 6.72. The lowest BCUT2D eigenvalue weighted by atomic mass is 10.1. The van der Waals surface area contributed by atoms with Crippen LogP contribution < -0.4 is 10.3 Å². The summed E-state index contributed by atoms with van der Waals surface area (Å²) < 4.78 is 12.9. The van der Waals surface area contributed by atoms with Crippen molar-refractivity contribution in [1.29, 1.82) is 0 Å². The second-order valence-electron chi connectivity index (χ2n) is 8.18. The fraction of sp³-hybridized carbons (Fsp3) is 0.435. The van der Waals surface area contributed by atoms with E-state index in [1.807, 2.05) is 34.5 Å². The van der Waals surface area contributed by atoms with Crippen LogP contribution in [0.15, 0.2) is 46.7 Å². The lowest BCUT2D eigenvalue weighted by Crippen LogP contribution is -2.48. The number of rotatable bonds is 6. The van der Waals surface area contributed by atoms with E-state index in [-0.39, 0.29) is 17.6 Å².